The molecule has 0 nitrogen and oxygen atoms in total. The maximum absolute atomic E-state index is 2.36. The van der Waals surface area contributed by atoms with Crippen LogP contribution in [0.1, 0.15) is 40.0 Å². The third-order valence-electron chi connectivity index (χ3n) is 4.32. The van der Waals surface area contributed by atoms with Crippen LogP contribution in [0.4, 0.5) is 0 Å². The van der Waals surface area contributed by atoms with Gasteiger partial charge in [0.05, 0.1) is 0 Å². The Morgan fingerprint density at radius 1 is 0.826 bits per heavy atom. The molecule has 1 fully saturated rings. The lowest BCUT2D eigenvalue weighted by atomic mass is 10.3. The van der Waals surface area contributed by atoms with E-state index in [9.17, 15) is 0 Å². The Hall–Kier alpha value is -0.780. The van der Waals surface area contributed by atoms with E-state index >= 15 is 0 Å². The van der Waals surface area contributed by atoms with Gasteiger partial charge in [-0.2, -0.15) is 11.8 Å². The molecule has 2 heteroatoms. The van der Waals surface area contributed by atoms with E-state index in [1.54, 1.807) is 10.6 Å². The van der Waals surface area contributed by atoms with E-state index in [2.05, 4.69) is 93.2 Å². The second-order valence-corrected chi connectivity index (χ2v) is 11.8. The van der Waals surface area contributed by atoms with Gasteiger partial charge in [-0.05, 0) is 37.0 Å². The van der Waals surface area contributed by atoms with Crippen molar-refractivity contribution < 1.29 is 0 Å². The minimum Gasteiger partial charge on any atom is -0.152 e. The van der Waals surface area contributed by atoms with Crippen molar-refractivity contribution in [3.05, 3.63) is 60.7 Å². The molecule has 1 aliphatic carbocycles. The Balaban J connectivity index is 1.95. The van der Waals surface area contributed by atoms with E-state index in [0.717, 1.165) is 10.9 Å². The summed E-state index contributed by atoms with van der Waals surface area (Å²) in [6.07, 6.45) is 4.14. The summed E-state index contributed by atoms with van der Waals surface area (Å²) in [7, 11) is -0.265. The van der Waals surface area contributed by atoms with E-state index in [1.807, 2.05) is 0 Å². The molecule has 0 saturated heterocycles. The Morgan fingerprint density at radius 3 is 1.83 bits per heavy atom. The molecule has 0 spiro atoms. The molecule has 0 amide bonds. The molecular formula is C21H27PS. The lowest BCUT2D eigenvalue weighted by molar-refractivity contribution is 0.782. The normalized spacial score (nSPS) is 21.7. The number of rotatable bonds is 4. The number of benzene rings is 2. The third-order valence-corrected chi connectivity index (χ3v) is 9.09. The average molecular weight is 342 g/mol. The van der Waals surface area contributed by atoms with E-state index in [0.29, 0.717) is 4.75 Å². The quantitative estimate of drug-likeness (QED) is 0.654. The highest BCUT2D eigenvalue weighted by atomic mass is 32.2. The smallest absolute Gasteiger partial charge is 0.0126 e. The van der Waals surface area contributed by atoms with Gasteiger partial charge in [0, 0.05) is 10.00 Å². The van der Waals surface area contributed by atoms with Crippen LogP contribution < -0.4 is 10.6 Å². The number of hydrogen-bond acceptors (Lipinski definition) is 1. The predicted octanol–water partition coefficient (Wildman–Crippen LogP) is 5.57. The Kier molecular flexibility index (Phi) is 5.49. The summed E-state index contributed by atoms with van der Waals surface area (Å²) in [5.74, 6) is 0. The minimum atomic E-state index is -0.265. The van der Waals surface area contributed by atoms with Gasteiger partial charge in [-0.25, -0.2) is 0 Å². The molecule has 0 N–H and O–H groups in total. The van der Waals surface area contributed by atoms with Crippen LogP contribution in [0.3, 0.4) is 0 Å². The molecule has 3 rings (SSSR count). The van der Waals surface area contributed by atoms with Crippen molar-refractivity contribution in [2.75, 3.05) is 0 Å². The summed E-state index contributed by atoms with van der Waals surface area (Å²) in [6, 6.07) is 22.5. The first-order valence-electron chi connectivity index (χ1n) is 8.62. The van der Waals surface area contributed by atoms with Gasteiger partial charge in [0.15, 0.2) is 0 Å². The summed E-state index contributed by atoms with van der Waals surface area (Å²) in [5, 5.41) is 3.88. The third kappa shape index (κ3) is 4.40. The van der Waals surface area contributed by atoms with Crippen molar-refractivity contribution in [2.24, 2.45) is 0 Å². The highest BCUT2D eigenvalue weighted by molar-refractivity contribution is 8.01. The maximum Gasteiger partial charge on any atom is 0.0126 e. The number of thioether (sulfide) groups is 1. The molecule has 23 heavy (non-hydrogen) atoms. The zero-order valence-corrected chi connectivity index (χ0v) is 16.1. The molecular weight excluding hydrogens is 315 g/mol. The Morgan fingerprint density at radius 2 is 1.35 bits per heavy atom. The van der Waals surface area contributed by atoms with Gasteiger partial charge in [0.25, 0.3) is 0 Å². The molecule has 0 radical (unpaired) electrons. The second-order valence-electron chi connectivity index (χ2n) is 7.31. The summed E-state index contributed by atoms with van der Waals surface area (Å²) in [4.78, 5) is 0. The molecule has 122 valence electrons. The van der Waals surface area contributed by atoms with Crippen LogP contribution in [-0.4, -0.2) is 15.7 Å². The molecule has 0 aliphatic heterocycles. The molecule has 1 aliphatic rings. The van der Waals surface area contributed by atoms with Gasteiger partial charge >= 0.3 is 0 Å². The van der Waals surface area contributed by atoms with Crippen molar-refractivity contribution in [3.8, 4) is 0 Å². The van der Waals surface area contributed by atoms with E-state index in [-0.39, 0.29) is 7.92 Å². The minimum absolute atomic E-state index is 0.265. The van der Waals surface area contributed by atoms with Crippen molar-refractivity contribution >= 4 is 30.3 Å². The monoisotopic (exact) mass is 342 g/mol. The van der Waals surface area contributed by atoms with E-state index in [1.165, 1.54) is 19.3 Å². The van der Waals surface area contributed by atoms with Gasteiger partial charge < -0.3 is 0 Å². The first-order valence-corrected chi connectivity index (χ1v) is 10.9. The van der Waals surface area contributed by atoms with Gasteiger partial charge in [0.2, 0.25) is 0 Å². The molecule has 1 unspecified atom stereocenters. The van der Waals surface area contributed by atoms with Gasteiger partial charge in [-0.1, -0.05) is 87.9 Å². The number of hydrogen-bond donors (Lipinski definition) is 0. The fraction of sp³-hybridized carbons (Fsp3) is 0.429. The molecule has 0 aromatic heterocycles. The van der Waals surface area contributed by atoms with Crippen molar-refractivity contribution in [1.82, 2.24) is 0 Å². The van der Waals surface area contributed by atoms with Crippen LogP contribution in [0.15, 0.2) is 60.7 Å². The lowest BCUT2D eigenvalue weighted by Crippen LogP contribution is -2.28. The first-order chi connectivity index (χ1) is 11.0. The second kappa shape index (κ2) is 7.41. The van der Waals surface area contributed by atoms with Crippen LogP contribution in [0.25, 0.3) is 0 Å². The van der Waals surface area contributed by atoms with Crippen LogP contribution in [0.5, 0.6) is 0 Å². The fourth-order valence-corrected chi connectivity index (χ4v) is 8.51. The molecule has 2 atom stereocenters. The predicted molar refractivity (Wildman–Crippen MR) is 108 cm³/mol. The van der Waals surface area contributed by atoms with Crippen molar-refractivity contribution in [3.63, 3.8) is 0 Å². The van der Waals surface area contributed by atoms with E-state index < -0.39 is 0 Å². The SMILES string of the molecule is CC(C)(C)S[C@@H]1CCCC1P(c1ccccc1)c1ccccc1. The molecule has 1 saturated carbocycles. The average Bonchev–Trinajstić information content (AvgIpc) is 2.96. The highest BCUT2D eigenvalue weighted by Gasteiger charge is 2.37. The van der Waals surface area contributed by atoms with Gasteiger partial charge in [-0.15, -0.1) is 0 Å². The topological polar surface area (TPSA) is 0 Å². The van der Waals surface area contributed by atoms with Crippen LogP contribution >= 0.6 is 19.7 Å². The summed E-state index contributed by atoms with van der Waals surface area (Å²) in [5.41, 5.74) is 0.805. The van der Waals surface area contributed by atoms with Crippen LogP contribution in [-0.2, 0) is 0 Å². The standard InChI is InChI=1S/C21H27PS/c1-21(2,3)23-20-16-10-15-19(20)22(17-11-6-4-7-12-17)18-13-8-5-9-14-18/h4-9,11-14,19-20H,10,15-16H2,1-3H3/t19?,20-/m1/s1. The molecule has 2 aromatic rings. The lowest BCUT2D eigenvalue weighted by Gasteiger charge is -2.33. The zero-order chi connectivity index (χ0) is 16.3. The van der Waals surface area contributed by atoms with Crippen LogP contribution in [0.2, 0.25) is 0 Å². The van der Waals surface area contributed by atoms with Crippen LogP contribution in [0, 0.1) is 0 Å². The summed E-state index contributed by atoms with van der Waals surface area (Å²) in [6.45, 7) is 7.08. The van der Waals surface area contributed by atoms with Crippen molar-refractivity contribution in [1.29, 1.82) is 0 Å². The first kappa shape index (κ1) is 17.1. The van der Waals surface area contributed by atoms with Crippen molar-refractivity contribution in [2.45, 2.75) is 55.7 Å². The molecule has 0 bridgehead atoms. The summed E-state index contributed by atoms with van der Waals surface area (Å²) >= 11 is 2.21. The molecule has 0 heterocycles. The van der Waals surface area contributed by atoms with Gasteiger partial charge in [0.1, 0.15) is 0 Å². The highest BCUT2D eigenvalue weighted by Crippen LogP contribution is 2.52. The Bertz CT molecular complexity index is 563. The Labute approximate surface area is 146 Å². The van der Waals surface area contributed by atoms with E-state index in [4.69, 9.17) is 0 Å². The summed E-state index contributed by atoms with van der Waals surface area (Å²) < 4.78 is 0.349. The maximum atomic E-state index is 2.36. The largest absolute Gasteiger partial charge is 0.152 e. The fourth-order valence-electron chi connectivity index (χ4n) is 3.50. The molecule has 2 aromatic carbocycles. The zero-order valence-electron chi connectivity index (χ0n) is 14.4. The van der Waals surface area contributed by atoms with Gasteiger partial charge in [-0.3, -0.25) is 0 Å².